The van der Waals surface area contributed by atoms with Crippen molar-refractivity contribution in [3.63, 3.8) is 0 Å². The molecule has 2 N–H and O–H groups in total. The van der Waals surface area contributed by atoms with Gasteiger partial charge in [-0.1, -0.05) is 23.8 Å². The van der Waals surface area contributed by atoms with Crippen LogP contribution < -0.4 is 5.32 Å². The third kappa shape index (κ3) is 5.11. The molecule has 1 heterocycles. The number of carbonyl (C=O) groups excluding carboxylic acids is 1. The lowest BCUT2D eigenvalue weighted by molar-refractivity contribution is 0.0482. The summed E-state index contributed by atoms with van der Waals surface area (Å²) in [5, 5.41) is 17.2. The zero-order valence-electron chi connectivity index (χ0n) is 18.9. The number of aliphatic hydroxyl groups excluding tert-OH is 1. The average molecular weight is 460 g/mol. The van der Waals surface area contributed by atoms with Crippen LogP contribution in [0.25, 0.3) is 10.9 Å². The van der Waals surface area contributed by atoms with Gasteiger partial charge in [0.25, 0.3) is 10.0 Å². The standard InChI is InChI=1S/C23H29N3O5S/c1-15-6-9-19(10-7-15)32(29,30)26-21-11-8-17(16(2)20(21)13-24-26)12-18(14-27)25-22(28)31-23(3,4)5/h6-11,13,18,27H,12,14H2,1-5H3,(H,25,28)/t18-/m0/s1. The van der Waals surface area contributed by atoms with Gasteiger partial charge in [0.1, 0.15) is 5.60 Å². The number of rotatable bonds is 6. The summed E-state index contributed by atoms with van der Waals surface area (Å²) in [6.07, 6.45) is 1.27. The molecular weight excluding hydrogens is 430 g/mol. The first kappa shape index (κ1) is 23.7. The Bertz CT molecular complexity index is 1220. The third-order valence-corrected chi connectivity index (χ3v) is 6.67. The molecule has 0 spiro atoms. The van der Waals surface area contributed by atoms with Gasteiger partial charge in [0.15, 0.2) is 0 Å². The molecule has 0 bridgehead atoms. The van der Waals surface area contributed by atoms with Crippen LogP contribution in [0.4, 0.5) is 4.79 Å². The van der Waals surface area contributed by atoms with Crippen molar-refractivity contribution in [3.8, 4) is 0 Å². The molecule has 9 heteroatoms. The first-order chi connectivity index (χ1) is 14.9. The van der Waals surface area contributed by atoms with E-state index >= 15 is 0 Å². The number of hydrogen-bond acceptors (Lipinski definition) is 6. The van der Waals surface area contributed by atoms with E-state index in [1.807, 2.05) is 13.8 Å². The van der Waals surface area contributed by atoms with Crippen molar-refractivity contribution in [2.45, 2.75) is 57.6 Å². The molecule has 1 amide bonds. The number of aromatic nitrogens is 2. The van der Waals surface area contributed by atoms with Gasteiger partial charge in [-0.3, -0.25) is 0 Å². The highest BCUT2D eigenvalue weighted by Gasteiger charge is 2.23. The van der Waals surface area contributed by atoms with Crippen molar-refractivity contribution in [1.29, 1.82) is 0 Å². The Morgan fingerprint density at radius 2 is 1.81 bits per heavy atom. The fraction of sp³-hybridized carbons (Fsp3) is 0.391. The number of carbonyl (C=O) groups is 1. The van der Waals surface area contributed by atoms with E-state index in [4.69, 9.17) is 4.74 Å². The second kappa shape index (κ2) is 8.91. The van der Waals surface area contributed by atoms with Crippen molar-refractivity contribution in [1.82, 2.24) is 14.5 Å². The van der Waals surface area contributed by atoms with Crippen LogP contribution in [0.1, 0.15) is 37.5 Å². The Kier molecular flexibility index (Phi) is 6.61. The minimum Gasteiger partial charge on any atom is -0.444 e. The molecule has 0 radical (unpaired) electrons. The maximum atomic E-state index is 13.1. The van der Waals surface area contributed by atoms with Crippen LogP contribution in [-0.2, 0) is 21.2 Å². The van der Waals surface area contributed by atoms with Gasteiger partial charge in [-0.25, -0.2) is 4.79 Å². The van der Waals surface area contributed by atoms with E-state index in [1.54, 1.807) is 57.2 Å². The van der Waals surface area contributed by atoms with Crippen molar-refractivity contribution in [2.24, 2.45) is 0 Å². The number of aryl methyl sites for hydroxylation is 2. The van der Waals surface area contributed by atoms with E-state index in [0.29, 0.717) is 17.3 Å². The SMILES string of the molecule is Cc1ccc(S(=O)(=O)n2ncc3c(C)c(C[C@@H](CO)NC(=O)OC(C)(C)C)ccc32)cc1. The zero-order chi connectivity index (χ0) is 23.7. The Morgan fingerprint density at radius 1 is 1.16 bits per heavy atom. The highest BCUT2D eigenvalue weighted by atomic mass is 32.2. The molecule has 0 aliphatic heterocycles. The van der Waals surface area contributed by atoms with Crippen molar-refractivity contribution in [3.05, 3.63) is 59.3 Å². The predicted octanol–water partition coefficient (Wildman–Crippen LogP) is 3.32. The lowest BCUT2D eigenvalue weighted by atomic mass is 9.99. The van der Waals surface area contributed by atoms with Gasteiger partial charge in [0.05, 0.1) is 29.3 Å². The Labute approximate surface area is 188 Å². The Morgan fingerprint density at radius 3 is 2.41 bits per heavy atom. The monoisotopic (exact) mass is 459 g/mol. The number of fused-ring (bicyclic) bond motifs is 1. The first-order valence-electron chi connectivity index (χ1n) is 10.3. The van der Waals surface area contributed by atoms with Crippen LogP contribution in [-0.4, -0.2) is 47.1 Å². The molecule has 3 rings (SSSR count). The fourth-order valence-corrected chi connectivity index (χ4v) is 4.65. The number of nitrogens with zero attached hydrogens (tertiary/aromatic N) is 2. The molecule has 0 saturated carbocycles. The minimum absolute atomic E-state index is 0.164. The van der Waals surface area contributed by atoms with Crippen LogP contribution in [0.3, 0.4) is 0 Å². The van der Waals surface area contributed by atoms with Crippen LogP contribution in [0, 0.1) is 13.8 Å². The van der Waals surface area contributed by atoms with Crippen LogP contribution in [0.5, 0.6) is 0 Å². The van der Waals surface area contributed by atoms with Gasteiger partial charge in [0, 0.05) is 5.39 Å². The summed E-state index contributed by atoms with van der Waals surface area (Å²) in [5.74, 6) is 0. The van der Waals surface area contributed by atoms with Gasteiger partial charge < -0.3 is 15.2 Å². The normalized spacial score (nSPS) is 13.2. The summed E-state index contributed by atoms with van der Waals surface area (Å²) >= 11 is 0. The van der Waals surface area contributed by atoms with Crippen LogP contribution in [0.15, 0.2) is 47.5 Å². The molecule has 0 aliphatic carbocycles. The molecule has 1 aromatic heterocycles. The highest BCUT2D eigenvalue weighted by Crippen LogP contribution is 2.26. The number of benzene rings is 2. The quantitative estimate of drug-likeness (QED) is 0.585. The number of alkyl carbamates (subject to hydrolysis) is 1. The lowest BCUT2D eigenvalue weighted by Gasteiger charge is -2.23. The van der Waals surface area contributed by atoms with E-state index in [-0.39, 0.29) is 11.5 Å². The third-order valence-electron chi connectivity index (χ3n) is 5.06. The molecule has 2 aromatic carbocycles. The van der Waals surface area contributed by atoms with E-state index in [1.165, 1.54) is 6.20 Å². The summed E-state index contributed by atoms with van der Waals surface area (Å²) in [5.41, 5.74) is 2.48. The van der Waals surface area contributed by atoms with Gasteiger partial charge >= 0.3 is 6.09 Å². The summed E-state index contributed by atoms with van der Waals surface area (Å²) in [7, 11) is -3.84. The second-order valence-electron chi connectivity index (χ2n) is 8.82. The smallest absolute Gasteiger partial charge is 0.407 e. The topological polar surface area (TPSA) is 111 Å². The lowest BCUT2D eigenvalue weighted by Crippen LogP contribution is -2.42. The summed E-state index contributed by atoms with van der Waals surface area (Å²) in [4.78, 5) is 12.2. The molecule has 172 valence electrons. The predicted molar refractivity (Wildman–Crippen MR) is 122 cm³/mol. The molecule has 0 fully saturated rings. The molecule has 0 unspecified atom stereocenters. The number of amides is 1. The maximum absolute atomic E-state index is 13.1. The van der Waals surface area contributed by atoms with Crippen molar-refractivity contribution in [2.75, 3.05) is 6.61 Å². The van der Waals surface area contributed by atoms with Gasteiger partial charge in [-0.15, -0.1) is 0 Å². The summed E-state index contributed by atoms with van der Waals surface area (Å²) in [6, 6.07) is 9.55. The molecule has 1 atom stereocenters. The fourth-order valence-electron chi connectivity index (χ4n) is 3.39. The molecule has 0 saturated heterocycles. The van der Waals surface area contributed by atoms with Gasteiger partial charge in [-0.05, 0) is 70.4 Å². The Hall–Kier alpha value is -2.91. The number of ether oxygens (including phenoxy) is 1. The molecule has 3 aromatic rings. The second-order valence-corrected chi connectivity index (χ2v) is 10.6. The van der Waals surface area contributed by atoms with Gasteiger partial charge in [-0.2, -0.15) is 17.6 Å². The van der Waals surface area contributed by atoms with Gasteiger partial charge in [0.2, 0.25) is 0 Å². The molecular formula is C23H29N3O5S. The number of hydrogen-bond donors (Lipinski definition) is 2. The summed E-state index contributed by atoms with van der Waals surface area (Å²) < 4.78 is 32.5. The molecule has 8 nitrogen and oxygen atoms in total. The highest BCUT2D eigenvalue weighted by molar-refractivity contribution is 7.90. The average Bonchev–Trinajstić information content (AvgIpc) is 3.14. The van der Waals surface area contributed by atoms with E-state index < -0.39 is 27.8 Å². The largest absolute Gasteiger partial charge is 0.444 e. The van der Waals surface area contributed by atoms with Crippen LogP contribution in [0.2, 0.25) is 0 Å². The van der Waals surface area contributed by atoms with E-state index in [2.05, 4.69) is 10.4 Å². The van der Waals surface area contributed by atoms with Crippen molar-refractivity contribution >= 4 is 27.0 Å². The first-order valence-corrected chi connectivity index (χ1v) is 11.7. The maximum Gasteiger partial charge on any atom is 0.407 e. The van der Waals surface area contributed by atoms with E-state index in [0.717, 1.165) is 20.8 Å². The zero-order valence-corrected chi connectivity index (χ0v) is 19.7. The minimum atomic E-state index is -3.84. The Balaban J connectivity index is 1.88. The molecule has 0 aliphatic rings. The summed E-state index contributed by atoms with van der Waals surface area (Å²) in [6.45, 7) is 8.78. The van der Waals surface area contributed by atoms with Crippen molar-refractivity contribution < 1.29 is 23.1 Å². The molecule has 32 heavy (non-hydrogen) atoms. The van der Waals surface area contributed by atoms with E-state index in [9.17, 15) is 18.3 Å². The number of aliphatic hydroxyl groups is 1. The number of nitrogens with one attached hydrogen (secondary N) is 1. The van der Waals surface area contributed by atoms with Crippen LogP contribution >= 0.6 is 0 Å².